The van der Waals surface area contributed by atoms with Gasteiger partial charge in [0.15, 0.2) is 0 Å². The first-order chi connectivity index (χ1) is 13.4. The van der Waals surface area contributed by atoms with Gasteiger partial charge < -0.3 is 10.6 Å². The fraction of sp³-hybridized carbons (Fsp3) is 0.182. The molecule has 144 valence electrons. The third-order valence-electron chi connectivity index (χ3n) is 4.50. The molecule has 3 aromatic carbocycles. The average Bonchev–Trinajstić information content (AvgIpc) is 2.69. The number of amides is 2. The molecule has 1 atom stereocenters. The molecule has 0 aliphatic rings. The van der Waals surface area contributed by atoms with Crippen LogP contribution in [-0.2, 0) is 16.0 Å². The summed E-state index contributed by atoms with van der Waals surface area (Å²) in [4.78, 5) is 24.4. The molecule has 0 radical (unpaired) electrons. The zero-order valence-corrected chi connectivity index (χ0v) is 16.8. The van der Waals surface area contributed by atoms with Gasteiger partial charge >= 0.3 is 0 Å². The lowest BCUT2D eigenvalue weighted by Crippen LogP contribution is -2.38. The maximum Gasteiger partial charge on any atom is 0.239 e. The molecule has 0 aliphatic carbocycles. The maximum atomic E-state index is 12.3. The highest BCUT2D eigenvalue weighted by molar-refractivity contribution is 6.42. The summed E-state index contributed by atoms with van der Waals surface area (Å²) in [6, 6.07) is 18.7. The van der Waals surface area contributed by atoms with Gasteiger partial charge in [-0.1, -0.05) is 71.7 Å². The Bertz CT molecular complexity index is 1020. The summed E-state index contributed by atoms with van der Waals surface area (Å²) in [6.07, 6.45) is 0.219. The largest absolute Gasteiger partial charge is 0.348 e. The summed E-state index contributed by atoms with van der Waals surface area (Å²) >= 11 is 11.9. The van der Waals surface area contributed by atoms with E-state index in [-0.39, 0.29) is 30.8 Å². The van der Waals surface area contributed by atoms with E-state index in [0.29, 0.717) is 10.0 Å². The number of carbonyl (C=O) groups excluding carboxylic acids is 2. The molecule has 0 spiro atoms. The molecule has 4 nitrogen and oxygen atoms in total. The molecule has 0 fully saturated rings. The van der Waals surface area contributed by atoms with Crippen LogP contribution in [0.25, 0.3) is 10.8 Å². The van der Waals surface area contributed by atoms with Crippen molar-refractivity contribution in [2.45, 2.75) is 19.4 Å². The van der Waals surface area contributed by atoms with Crippen LogP contribution in [0.4, 0.5) is 0 Å². The second-order valence-electron chi connectivity index (χ2n) is 6.55. The first-order valence-electron chi connectivity index (χ1n) is 8.91. The van der Waals surface area contributed by atoms with Gasteiger partial charge in [-0.2, -0.15) is 0 Å². The van der Waals surface area contributed by atoms with Crippen LogP contribution < -0.4 is 10.6 Å². The number of fused-ring (bicyclic) bond motifs is 1. The zero-order chi connectivity index (χ0) is 20.1. The summed E-state index contributed by atoms with van der Waals surface area (Å²) in [5.74, 6) is -0.474. The van der Waals surface area contributed by atoms with Crippen molar-refractivity contribution >= 4 is 45.8 Å². The Morgan fingerprint density at radius 2 is 1.68 bits per heavy atom. The highest BCUT2D eigenvalue weighted by atomic mass is 35.5. The number of halogens is 2. The van der Waals surface area contributed by atoms with Crippen LogP contribution in [0.3, 0.4) is 0 Å². The standard InChI is InChI=1S/C22H20Cl2N2O2/c1-14(16-9-10-19(23)20(24)11-16)26-22(28)13-25-21(27)12-17-7-4-6-15-5-2-3-8-18(15)17/h2-11,14H,12-13H2,1H3,(H,25,27)(H,26,28). The van der Waals surface area contributed by atoms with Crippen molar-refractivity contribution in [2.75, 3.05) is 6.54 Å². The molecule has 0 heterocycles. The minimum absolute atomic E-state index is 0.0880. The Hall–Kier alpha value is -2.56. The smallest absolute Gasteiger partial charge is 0.239 e. The van der Waals surface area contributed by atoms with Gasteiger partial charge in [-0.15, -0.1) is 0 Å². The van der Waals surface area contributed by atoms with E-state index in [4.69, 9.17) is 23.2 Å². The van der Waals surface area contributed by atoms with E-state index in [1.54, 1.807) is 18.2 Å². The number of benzene rings is 3. The van der Waals surface area contributed by atoms with Crippen molar-refractivity contribution in [2.24, 2.45) is 0 Å². The molecular formula is C22H20Cl2N2O2. The van der Waals surface area contributed by atoms with Crippen molar-refractivity contribution in [3.05, 3.63) is 81.8 Å². The average molecular weight is 415 g/mol. The summed E-state index contributed by atoms with van der Waals surface area (Å²) in [6.45, 7) is 1.75. The second kappa shape index (κ2) is 9.09. The summed E-state index contributed by atoms with van der Waals surface area (Å²) in [7, 11) is 0. The van der Waals surface area contributed by atoms with Crippen molar-refractivity contribution in [3.8, 4) is 0 Å². The maximum absolute atomic E-state index is 12.3. The Labute approximate surface area is 173 Å². The Morgan fingerprint density at radius 3 is 2.46 bits per heavy atom. The van der Waals surface area contributed by atoms with Gasteiger partial charge in [0, 0.05) is 0 Å². The van der Waals surface area contributed by atoms with E-state index in [2.05, 4.69) is 10.6 Å². The molecule has 0 aliphatic heterocycles. The molecule has 2 N–H and O–H groups in total. The number of hydrogen-bond acceptors (Lipinski definition) is 2. The van der Waals surface area contributed by atoms with Gasteiger partial charge in [0.05, 0.1) is 29.1 Å². The Balaban J connectivity index is 1.53. The third kappa shape index (κ3) is 5.03. The molecule has 0 saturated heterocycles. The lowest BCUT2D eigenvalue weighted by atomic mass is 10.0. The van der Waals surface area contributed by atoms with E-state index in [1.165, 1.54) is 0 Å². The van der Waals surface area contributed by atoms with E-state index in [0.717, 1.165) is 21.9 Å². The lowest BCUT2D eigenvalue weighted by molar-refractivity contribution is -0.126. The van der Waals surface area contributed by atoms with Gasteiger partial charge in [0.1, 0.15) is 0 Å². The minimum Gasteiger partial charge on any atom is -0.348 e. The van der Waals surface area contributed by atoms with Gasteiger partial charge in [-0.3, -0.25) is 9.59 Å². The first-order valence-corrected chi connectivity index (χ1v) is 9.67. The highest BCUT2D eigenvalue weighted by Gasteiger charge is 2.13. The third-order valence-corrected chi connectivity index (χ3v) is 5.24. The molecule has 3 rings (SSSR count). The number of nitrogens with one attached hydrogen (secondary N) is 2. The van der Waals surface area contributed by atoms with Crippen LogP contribution in [-0.4, -0.2) is 18.4 Å². The summed E-state index contributed by atoms with van der Waals surface area (Å²) in [5, 5.41) is 8.53. The molecule has 2 amide bonds. The van der Waals surface area contributed by atoms with Crippen LogP contribution in [0.2, 0.25) is 10.0 Å². The van der Waals surface area contributed by atoms with E-state index < -0.39 is 0 Å². The monoisotopic (exact) mass is 414 g/mol. The fourth-order valence-electron chi connectivity index (χ4n) is 3.02. The van der Waals surface area contributed by atoms with Gasteiger partial charge in [0.2, 0.25) is 11.8 Å². The van der Waals surface area contributed by atoms with Crippen LogP contribution in [0.1, 0.15) is 24.1 Å². The SMILES string of the molecule is CC(NC(=O)CNC(=O)Cc1cccc2ccccc12)c1ccc(Cl)c(Cl)c1. The normalized spacial score (nSPS) is 11.8. The quantitative estimate of drug-likeness (QED) is 0.614. The lowest BCUT2D eigenvalue weighted by Gasteiger charge is -2.15. The van der Waals surface area contributed by atoms with Crippen molar-refractivity contribution < 1.29 is 9.59 Å². The molecule has 0 aromatic heterocycles. The highest BCUT2D eigenvalue weighted by Crippen LogP contribution is 2.25. The number of hydrogen-bond donors (Lipinski definition) is 2. The van der Waals surface area contributed by atoms with Gasteiger partial charge in [-0.25, -0.2) is 0 Å². The summed E-state index contributed by atoms with van der Waals surface area (Å²) in [5.41, 5.74) is 1.77. The van der Waals surface area contributed by atoms with E-state index in [9.17, 15) is 9.59 Å². The van der Waals surface area contributed by atoms with Gasteiger partial charge in [-0.05, 0) is 41.0 Å². The molecule has 28 heavy (non-hydrogen) atoms. The Morgan fingerprint density at radius 1 is 0.929 bits per heavy atom. The molecule has 0 saturated carbocycles. The second-order valence-corrected chi connectivity index (χ2v) is 7.37. The predicted octanol–water partition coefficient (Wildman–Crippen LogP) is 4.68. The van der Waals surface area contributed by atoms with Crippen LogP contribution in [0, 0.1) is 0 Å². The predicted molar refractivity (Wildman–Crippen MR) is 114 cm³/mol. The van der Waals surface area contributed by atoms with Gasteiger partial charge in [0.25, 0.3) is 0 Å². The Kier molecular flexibility index (Phi) is 6.55. The molecule has 0 bridgehead atoms. The summed E-state index contributed by atoms with van der Waals surface area (Å²) < 4.78 is 0. The van der Waals surface area contributed by atoms with Crippen LogP contribution >= 0.6 is 23.2 Å². The van der Waals surface area contributed by atoms with Crippen molar-refractivity contribution in [1.82, 2.24) is 10.6 Å². The van der Waals surface area contributed by atoms with Crippen molar-refractivity contribution in [3.63, 3.8) is 0 Å². The number of carbonyl (C=O) groups is 2. The zero-order valence-electron chi connectivity index (χ0n) is 15.3. The fourth-order valence-corrected chi connectivity index (χ4v) is 3.33. The number of rotatable bonds is 6. The first kappa shape index (κ1) is 20.2. The molecule has 6 heteroatoms. The van der Waals surface area contributed by atoms with E-state index in [1.807, 2.05) is 49.4 Å². The topological polar surface area (TPSA) is 58.2 Å². The minimum atomic E-state index is -0.273. The van der Waals surface area contributed by atoms with Crippen LogP contribution in [0.15, 0.2) is 60.7 Å². The molecule has 1 unspecified atom stereocenters. The van der Waals surface area contributed by atoms with Crippen molar-refractivity contribution in [1.29, 1.82) is 0 Å². The molecule has 3 aromatic rings. The van der Waals surface area contributed by atoms with Crippen LogP contribution in [0.5, 0.6) is 0 Å². The van der Waals surface area contributed by atoms with E-state index >= 15 is 0 Å². The molecular weight excluding hydrogens is 395 g/mol.